The van der Waals surface area contributed by atoms with Gasteiger partial charge in [0.25, 0.3) is 0 Å². The SMILES string of the molecule is COC(=O)[C@@H](Cc1cccc(F)c1)NC(=O)[C@@H](NC(=O)OCc1ccccc1)C(C)C. The maximum absolute atomic E-state index is 13.5. The molecule has 31 heavy (non-hydrogen) atoms. The lowest BCUT2D eigenvalue weighted by molar-refractivity contribution is -0.145. The minimum atomic E-state index is -1.04. The molecule has 0 aromatic heterocycles. The Balaban J connectivity index is 2.02. The lowest BCUT2D eigenvalue weighted by Gasteiger charge is -2.24. The first kappa shape index (κ1) is 23.9. The van der Waals surface area contributed by atoms with Gasteiger partial charge in [-0.3, -0.25) is 4.79 Å². The van der Waals surface area contributed by atoms with Gasteiger partial charge >= 0.3 is 12.1 Å². The molecule has 8 heteroatoms. The Labute approximate surface area is 180 Å². The number of nitrogens with one attached hydrogen (secondary N) is 2. The van der Waals surface area contributed by atoms with Crippen LogP contribution in [-0.2, 0) is 32.1 Å². The molecular formula is C23H27FN2O5. The van der Waals surface area contributed by atoms with Crippen molar-refractivity contribution in [3.05, 3.63) is 71.5 Å². The number of rotatable bonds is 9. The fourth-order valence-electron chi connectivity index (χ4n) is 2.92. The van der Waals surface area contributed by atoms with Gasteiger partial charge in [-0.1, -0.05) is 56.3 Å². The Morgan fingerprint density at radius 2 is 1.65 bits per heavy atom. The van der Waals surface area contributed by atoms with Crippen molar-refractivity contribution in [3.8, 4) is 0 Å². The Bertz CT molecular complexity index is 889. The molecule has 2 atom stereocenters. The predicted molar refractivity (Wildman–Crippen MR) is 112 cm³/mol. The zero-order valence-corrected chi connectivity index (χ0v) is 17.8. The van der Waals surface area contributed by atoms with Gasteiger partial charge in [0.15, 0.2) is 0 Å². The molecule has 166 valence electrons. The van der Waals surface area contributed by atoms with Gasteiger partial charge in [-0.25, -0.2) is 14.0 Å². The minimum absolute atomic E-state index is 0.0411. The molecule has 0 heterocycles. The summed E-state index contributed by atoms with van der Waals surface area (Å²) in [5.74, 6) is -1.97. The Hall–Kier alpha value is -3.42. The van der Waals surface area contributed by atoms with E-state index < -0.39 is 35.9 Å². The molecule has 0 aliphatic heterocycles. The first-order chi connectivity index (χ1) is 14.8. The fourth-order valence-corrected chi connectivity index (χ4v) is 2.92. The summed E-state index contributed by atoms with van der Waals surface area (Å²) in [6.45, 7) is 3.56. The summed E-state index contributed by atoms with van der Waals surface area (Å²) in [5, 5.41) is 5.13. The predicted octanol–water partition coefficient (Wildman–Crippen LogP) is 2.98. The van der Waals surface area contributed by atoms with Crippen LogP contribution in [0.25, 0.3) is 0 Å². The van der Waals surface area contributed by atoms with E-state index in [2.05, 4.69) is 10.6 Å². The van der Waals surface area contributed by atoms with E-state index in [0.29, 0.717) is 5.56 Å². The molecule has 2 amide bonds. The van der Waals surface area contributed by atoms with Crippen LogP contribution < -0.4 is 10.6 Å². The number of methoxy groups -OCH3 is 1. The van der Waals surface area contributed by atoms with Gasteiger partial charge in [-0.15, -0.1) is 0 Å². The van der Waals surface area contributed by atoms with E-state index in [-0.39, 0.29) is 18.9 Å². The average Bonchev–Trinajstić information content (AvgIpc) is 2.75. The number of carbonyl (C=O) groups is 3. The highest BCUT2D eigenvalue weighted by Crippen LogP contribution is 2.10. The average molecular weight is 430 g/mol. The van der Waals surface area contributed by atoms with E-state index in [0.717, 1.165) is 5.56 Å². The van der Waals surface area contributed by atoms with E-state index in [1.54, 1.807) is 19.9 Å². The molecule has 2 N–H and O–H groups in total. The van der Waals surface area contributed by atoms with Crippen molar-refractivity contribution in [2.24, 2.45) is 5.92 Å². The topological polar surface area (TPSA) is 93.7 Å². The number of carbonyl (C=O) groups excluding carboxylic acids is 3. The maximum Gasteiger partial charge on any atom is 0.408 e. The van der Waals surface area contributed by atoms with Gasteiger partial charge in [0, 0.05) is 6.42 Å². The number of benzene rings is 2. The number of hydrogen-bond acceptors (Lipinski definition) is 5. The molecular weight excluding hydrogens is 403 g/mol. The van der Waals surface area contributed by atoms with Crippen LogP contribution in [0, 0.1) is 11.7 Å². The first-order valence-corrected chi connectivity index (χ1v) is 9.90. The zero-order chi connectivity index (χ0) is 22.8. The van der Waals surface area contributed by atoms with Crippen LogP contribution in [0.4, 0.5) is 9.18 Å². The largest absolute Gasteiger partial charge is 0.467 e. The summed E-state index contributed by atoms with van der Waals surface area (Å²) in [6, 6.07) is 12.9. The second-order valence-corrected chi connectivity index (χ2v) is 7.35. The highest BCUT2D eigenvalue weighted by atomic mass is 19.1. The normalized spacial score (nSPS) is 12.5. The molecule has 0 aliphatic carbocycles. The van der Waals surface area contributed by atoms with Gasteiger partial charge in [-0.05, 0) is 29.2 Å². The van der Waals surface area contributed by atoms with Crippen molar-refractivity contribution in [2.75, 3.05) is 7.11 Å². The molecule has 7 nitrogen and oxygen atoms in total. The van der Waals surface area contributed by atoms with Gasteiger partial charge in [0.1, 0.15) is 24.5 Å². The summed E-state index contributed by atoms with van der Waals surface area (Å²) in [7, 11) is 1.20. The summed E-state index contributed by atoms with van der Waals surface area (Å²) in [5.41, 5.74) is 1.33. The van der Waals surface area contributed by atoms with E-state index in [4.69, 9.17) is 9.47 Å². The highest BCUT2D eigenvalue weighted by molar-refractivity contribution is 5.90. The van der Waals surface area contributed by atoms with Crippen LogP contribution >= 0.6 is 0 Å². The lowest BCUT2D eigenvalue weighted by atomic mass is 10.0. The third-order valence-electron chi connectivity index (χ3n) is 4.57. The zero-order valence-electron chi connectivity index (χ0n) is 17.8. The smallest absolute Gasteiger partial charge is 0.408 e. The van der Waals surface area contributed by atoms with E-state index >= 15 is 0 Å². The quantitative estimate of drug-likeness (QED) is 0.597. The second kappa shape index (κ2) is 11.7. The van der Waals surface area contributed by atoms with Gasteiger partial charge in [0.05, 0.1) is 7.11 Å². The molecule has 0 fully saturated rings. The van der Waals surface area contributed by atoms with Crippen LogP contribution in [0.1, 0.15) is 25.0 Å². The van der Waals surface area contributed by atoms with Crippen molar-refractivity contribution in [2.45, 2.75) is 39.0 Å². The Morgan fingerprint density at radius 3 is 2.26 bits per heavy atom. The van der Waals surface area contributed by atoms with E-state index in [1.807, 2.05) is 30.3 Å². The summed E-state index contributed by atoms with van der Waals surface area (Å²) in [6.07, 6.45) is -0.711. The van der Waals surface area contributed by atoms with Crippen molar-refractivity contribution in [3.63, 3.8) is 0 Å². The molecule has 0 saturated carbocycles. The molecule has 0 bridgehead atoms. The van der Waals surface area contributed by atoms with Crippen LogP contribution in [0.15, 0.2) is 54.6 Å². The molecule has 0 unspecified atom stereocenters. The van der Waals surface area contributed by atoms with Crippen LogP contribution in [0.3, 0.4) is 0 Å². The molecule has 2 rings (SSSR count). The molecule has 0 radical (unpaired) electrons. The van der Waals surface area contributed by atoms with Crippen molar-refractivity contribution in [1.82, 2.24) is 10.6 Å². The second-order valence-electron chi connectivity index (χ2n) is 7.35. The van der Waals surface area contributed by atoms with Crippen molar-refractivity contribution in [1.29, 1.82) is 0 Å². The monoisotopic (exact) mass is 430 g/mol. The van der Waals surface area contributed by atoms with Crippen molar-refractivity contribution < 1.29 is 28.2 Å². The Kier molecular flexibility index (Phi) is 8.99. The maximum atomic E-state index is 13.5. The first-order valence-electron chi connectivity index (χ1n) is 9.90. The van der Waals surface area contributed by atoms with E-state index in [9.17, 15) is 18.8 Å². The molecule has 2 aromatic carbocycles. The third kappa shape index (κ3) is 7.73. The Morgan fingerprint density at radius 1 is 0.968 bits per heavy atom. The van der Waals surface area contributed by atoms with Gasteiger partial charge in [0.2, 0.25) is 5.91 Å². The molecule has 0 aliphatic rings. The van der Waals surface area contributed by atoms with Crippen molar-refractivity contribution >= 4 is 18.0 Å². The number of ether oxygens (including phenoxy) is 2. The molecule has 0 spiro atoms. The molecule has 2 aromatic rings. The van der Waals surface area contributed by atoms with E-state index in [1.165, 1.54) is 25.3 Å². The van der Waals surface area contributed by atoms with Crippen LogP contribution in [0.5, 0.6) is 0 Å². The number of hydrogen-bond donors (Lipinski definition) is 2. The van der Waals surface area contributed by atoms with Crippen LogP contribution in [-0.4, -0.2) is 37.2 Å². The van der Waals surface area contributed by atoms with Gasteiger partial charge in [-0.2, -0.15) is 0 Å². The lowest BCUT2D eigenvalue weighted by Crippen LogP contribution is -2.54. The number of esters is 1. The number of alkyl carbamates (subject to hydrolysis) is 1. The number of halogens is 1. The standard InChI is InChI=1S/C23H27FN2O5/c1-15(2)20(26-23(29)31-14-16-8-5-4-6-9-16)21(27)25-19(22(28)30-3)13-17-10-7-11-18(24)12-17/h4-12,15,19-20H,13-14H2,1-3H3,(H,25,27)(H,26,29)/t19-,20+/m1/s1. The van der Waals surface area contributed by atoms with Crippen LogP contribution in [0.2, 0.25) is 0 Å². The molecule has 0 saturated heterocycles. The fraction of sp³-hybridized carbons (Fsp3) is 0.348. The van der Waals surface area contributed by atoms with Gasteiger partial charge < -0.3 is 20.1 Å². The summed E-state index contributed by atoms with van der Waals surface area (Å²) in [4.78, 5) is 37.2. The summed E-state index contributed by atoms with van der Waals surface area (Å²) < 4.78 is 23.4. The highest BCUT2D eigenvalue weighted by Gasteiger charge is 2.30. The minimum Gasteiger partial charge on any atom is -0.467 e. The third-order valence-corrected chi connectivity index (χ3v) is 4.57. The summed E-state index contributed by atoms with van der Waals surface area (Å²) >= 11 is 0. The number of amides is 2.